The number of hydrogen-bond donors (Lipinski definition) is 0. The van der Waals surface area contributed by atoms with Crippen molar-refractivity contribution in [2.45, 2.75) is 13.5 Å². The van der Waals surface area contributed by atoms with Gasteiger partial charge in [0, 0.05) is 10.4 Å². The van der Waals surface area contributed by atoms with Crippen LogP contribution in [0.3, 0.4) is 0 Å². The summed E-state index contributed by atoms with van der Waals surface area (Å²) in [6.07, 6.45) is 0. The van der Waals surface area contributed by atoms with E-state index in [4.69, 9.17) is 25.8 Å². The number of pyridine rings is 1. The van der Waals surface area contributed by atoms with E-state index in [9.17, 15) is 9.59 Å². The molecule has 2 aromatic carbocycles. The highest BCUT2D eigenvalue weighted by Crippen LogP contribution is 2.24. The van der Waals surface area contributed by atoms with Gasteiger partial charge in [-0.1, -0.05) is 29.8 Å². The van der Waals surface area contributed by atoms with Crippen LogP contribution in [0.4, 0.5) is 0 Å². The van der Waals surface area contributed by atoms with Crippen molar-refractivity contribution in [1.29, 1.82) is 0 Å². The minimum atomic E-state index is -0.585. The van der Waals surface area contributed by atoms with Crippen LogP contribution >= 0.6 is 11.6 Å². The Hall–Kier alpha value is -3.12. The van der Waals surface area contributed by atoms with Gasteiger partial charge < -0.3 is 14.2 Å². The van der Waals surface area contributed by atoms with E-state index in [1.165, 1.54) is 7.11 Å². The first-order chi connectivity index (χ1) is 13.5. The minimum Gasteiger partial charge on any atom is -0.482 e. The molecule has 1 aromatic heterocycles. The number of rotatable bonds is 6. The summed E-state index contributed by atoms with van der Waals surface area (Å²) in [7, 11) is 1.30. The van der Waals surface area contributed by atoms with Gasteiger partial charge in [-0.05, 0) is 42.8 Å². The highest BCUT2D eigenvalue weighted by molar-refractivity contribution is 6.30. The second kappa shape index (κ2) is 8.71. The van der Waals surface area contributed by atoms with E-state index in [0.29, 0.717) is 27.5 Å². The van der Waals surface area contributed by atoms with Crippen LogP contribution in [0.1, 0.15) is 21.6 Å². The summed E-state index contributed by atoms with van der Waals surface area (Å²) in [4.78, 5) is 28.8. The summed E-state index contributed by atoms with van der Waals surface area (Å²) in [5, 5.41) is 1.41. The van der Waals surface area contributed by atoms with Crippen molar-refractivity contribution in [2.24, 2.45) is 0 Å². The second-order valence-electron chi connectivity index (χ2n) is 5.97. The fraction of sp³-hybridized carbons (Fsp3) is 0.190. The molecule has 0 saturated heterocycles. The number of ether oxygens (including phenoxy) is 3. The van der Waals surface area contributed by atoms with E-state index in [-0.39, 0.29) is 13.2 Å². The molecule has 0 fully saturated rings. The Labute approximate surface area is 167 Å². The number of hydrogen-bond acceptors (Lipinski definition) is 6. The van der Waals surface area contributed by atoms with Crippen LogP contribution in [-0.2, 0) is 20.9 Å². The number of benzene rings is 2. The molecule has 0 aliphatic rings. The summed E-state index contributed by atoms with van der Waals surface area (Å²) in [5.41, 5.74) is 2.06. The summed E-state index contributed by atoms with van der Waals surface area (Å²) >= 11 is 5.81. The molecular weight excluding hydrogens is 382 g/mol. The highest BCUT2D eigenvalue weighted by Gasteiger charge is 2.20. The van der Waals surface area contributed by atoms with Crippen molar-refractivity contribution in [3.63, 3.8) is 0 Å². The zero-order valence-electron chi connectivity index (χ0n) is 15.4. The maximum Gasteiger partial charge on any atom is 0.344 e. The lowest BCUT2D eigenvalue weighted by molar-refractivity contribution is -0.147. The Kier molecular flexibility index (Phi) is 6.11. The monoisotopic (exact) mass is 399 g/mol. The molecule has 0 aliphatic heterocycles. The van der Waals surface area contributed by atoms with Crippen molar-refractivity contribution in [2.75, 3.05) is 13.7 Å². The standard InChI is InChI=1S/C21H18ClNO5/c1-13-16-5-3-4-6-17(16)23-18(20(13)21(25)26-2)11-28-19(24)12-27-15-9-7-14(22)8-10-15/h3-10H,11-12H2,1-2H3. The number of carbonyl (C=O) groups is 2. The van der Waals surface area contributed by atoms with Crippen molar-refractivity contribution < 1.29 is 23.8 Å². The van der Waals surface area contributed by atoms with Crippen molar-refractivity contribution in [3.05, 3.63) is 70.4 Å². The molecule has 144 valence electrons. The molecule has 7 heteroatoms. The number of para-hydroxylation sites is 1. The van der Waals surface area contributed by atoms with Gasteiger partial charge >= 0.3 is 11.9 Å². The summed E-state index contributed by atoms with van der Waals surface area (Å²) in [6.45, 7) is 1.37. The van der Waals surface area contributed by atoms with Crippen molar-refractivity contribution in [1.82, 2.24) is 4.98 Å². The quantitative estimate of drug-likeness (QED) is 0.581. The molecule has 0 aliphatic carbocycles. The van der Waals surface area contributed by atoms with E-state index in [1.54, 1.807) is 24.3 Å². The first kappa shape index (κ1) is 19.6. The number of fused-ring (bicyclic) bond motifs is 1. The Morgan fingerprint density at radius 1 is 1.07 bits per heavy atom. The molecule has 0 radical (unpaired) electrons. The van der Waals surface area contributed by atoms with Crippen molar-refractivity contribution in [3.8, 4) is 5.75 Å². The fourth-order valence-corrected chi connectivity index (χ4v) is 2.91. The first-order valence-corrected chi connectivity index (χ1v) is 8.88. The number of esters is 2. The average molecular weight is 400 g/mol. The normalized spacial score (nSPS) is 10.5. The molecule has 3 rings (SSSR count). The van der Waals surface area contributed by atoms with Gasteiger partial charge in [0.25, 0.3) is 0 Å². The molecule has 0 spiro atoms. The molecule has 28 heavy (non-hydrogen) atoms. The number of aryl methyl sites for hydroxylation is 1. The van der Waals surface area contributed by atoms with E-state index < -0.39 is 11.9 Å². The largest absolute Gasteiger partial charge is 0.482 e. The number of nitrogens with zero attached hydrogens (tertiary/aromatic N) is 1. The number of aromatic nitrogens is 1. The lowest BCUT2D eigenvalue weighted by Gasteiger charge is -2.13. The summed E-state index contributed by atoms with van der Waals surface area (Å²) < 4.78 is 15.5. The van der Waals surface area contributed by atoms with Crippen LogP contribution in [0.5, 0.6) is 5.75 Å². The minimum absolute atomic E-state index is 0.168. The predicted molar refractivity (Wildman–Crippen MR) is 105 cm³/mol. The van der Waals surface area contributed by atoms with Crippen LogP contribution in [0, 0.1) is 6.92 Å². The Morgan fingerprint density at radius 2 is 1.79 bits per heavy atom. The highest BCUT2D eigenvalue weighted by atomic mass is 35.5. The lowest BCUT2D eigenvalue weighted by Crippen LogP contribution is -2.17. The average Bonchev–Trinajstić information content (AvgIpc) is 2.71. The second-order valence-corrected chi connectivity index (χ2v) is 6.41. The first-order valence-electron chi connectivity index (χ1n) is 8.50. The third kappa shape index (κ3) is 4.40. The SMILES string of the molecule is COC(=O)c1c(COC(=O)COc2ccc(Cl)cc2)nc2ccccc2c1C. The molecule has 1 heterocycles. The predicted octanol–water partition coefficient (Wildman–Crippen LogP) is 4.11. The van der Waals surface area contributed by atoms with Crippen LogP contribution < -0.4 is 4.74 Å². The topological polar surface area (TPSA) is 74.7 Å². The van der Waals surface area contributed by atoms with Gasteiger partial charge in [-0.15, -0.1) is 0 Å². The van der Waals surface area contributed by atoms with E-state index in [2.05, 4.69) is 4.98 Å². The van der Waals surface area contributed by atoms with Crippen LogP contribution in [-0.4, -0.2) is 30.6 Å². The zero-order chi connectivity index (χ0) is 20.1. The van der Waals surface area contributed by atoms with Gasteiger partial charge in [-0.2, -0.15) is 0 Å². The number of halogens is 1. The Bertz CT molecular complexity index is 1020. The molecule has 0 saturated carbocycles. The van der Waals surface area contributed by atoms with E-state index >= 15 is 0 Å². The van der Waals surface area contributed by atoms with Gasteiger partial charge in [-0.25, -0.2) is 14.6 Å². The molecular formula is C21H18ClNO5. The Balaban J connectivity index is 1.74. The third-order valence-corrected chi connectivity index (χ3v) is 4.41. The zero-order valence-corrected chi connectivity index (χ0v) is 16.2. The van der Waals surface area contributed by atoms with Crippen LogP contribution in [0.25, 0.3) is 10.9 Å². The smallest absolute Gasteiger partial charge is 0.344 e. The van der Waals surface area contributed by atoms with Gasteiger partial charge in [0.1, 0.15) is 12.4 Å². The van der Waals surface area contributed by atoms with Crippen molar-refractivity contribution >= 4 is 34.4 Å². The van der Waals surface area contributed by atoms with Gasteiger partial charge in [-0.3, -0.25) is 0 Å². The molecule has 0 atom stereocenters. The summed E-state index contributed by atoms with van der Waals surface area (Å²) in [5.74, 6) is -0.617. The molecule has 6 nitrogen and oxygen atoms in total. The maximum atomic E-state index is 12.2. The van der Waals surface area contributed by atoms with Crippen LogP contribution in [0.15, 0.2) is 48.5 Å². The third-order valence-electron chi connectivity index (χ3n) is 4.16. The molecule has 3 aromatic rings. The van der Waals surface area contributed by atoms with E-state index in [1.807, 2.05) is 31.2 Å². The number of methoxy groups -OCH3 is 1. The van der Waals surface area contributed by atoms with Gasteiger partial charge in [0.2, 0.25) is 0 Å². The lowest BCUT2D eigenvalue weighted by atomic mass is 10.0. The fourth-order valence-electron chi connectivity index (χ4n) is 2.78. The Morgan fingerprint density at radius 3 is 2.50 bits per heavy atom. The van der Waals surface area contributed by atoms with Gasteiger partial charge in [0.05, 0.1) is 23.9 Å². The van der Waals surface area contributed by atoms with Crippen LogP contribution in [0.2, 0.25) is 5.02 Å². The van der Waals surface area contributed by atoms with Gasteiger partial charge in [0.15, 0.2) is 6.61 Å². The number of carbonyl (C=O) groups excluding carboxylic acids is 2. The molecule has 0 unspecified atom stereocenters. The summed E-state index contributed by atoms with van der Waals surface area (Å²) in [6, 6.07) is 14.0. The molecule has 0 bridgehead atoms. The molecule has 0 N–H and O–H groups in total. The molecule has 0 amide bonds. The van der Waals surface area contributed by atoms with E-state index in [0.717, 1.165) is 10.9 Å². The maximum absolute atomic E-state index is 12.2.